The third kappa shape index (κ3) is 6.16. The minimum Gasteiger partial charge on any atom is -0.441 e. The summed E-state index contributed by atoms with van der Waals surface area (Å²) in [5, 5.41) is 11.5. The van der Waals surface area contributed by atoms with E-state index in [0.717, 1.165) is 23.4 Å². The summed E-state index contributed by atoms with van der Waals surface area (Å²) in [5.74, 6) is -0.598. The number of carbonyl (C=O) groups excluding carboxylic acids is 1. The number of hydrogen-bond acceptors (Lipinski definition) is 8. The second kappa shape index (κ2) is 9.51. The molecule has 0 aromatic carbocycles. The van der Waals surface area contributed by atoms with Gasteiger partial charge in [0.2, 0.25) is 5.95 Å². The van der Waals surface area contributed by atoms with Crippen LogP contribution < -0.4 is 10.6 Å². The van der Waals surface area contributed by atoms with Gasteiger partial charge in [0.1, 0.15) is 11.8 Å². The van der Waals surface area contributed by atoms with Crippen LogP contribution >= 0.6 is 0 Å². The lowest BCUT2D eigenvalue weighted by Gasteiger charge is -2.17. The fraction of sp³-hybridized carbons (Fsp3) is 0.524. The van der Waals surface area contributed by atoms with E-state index in [0.29, 0.717) is 6.07 Å². The molecular weight excluding hydrogens is 547 g/mol. The summed E-state index contributed by atoms with van der Waals surface area (Å²) in [5.41, 5.74) is -2.33. The van der Waals surface area contributed by atoms with Crippen molar-refractivity contribution < 1.29 is 49.7 Å². The van der Waals surface area contributed by atoms with E-state index in [1.165, 1.54) is 6.07 Å². The highest BCUT2D eigenvalue weighted by Crippen LogP contribution is 2.36. The monoisotopic (exact) mass is 567 g/mol. The molecule has 3 aromatic heterocycles. The van der Waals surface area contributed by atoms with Crippen molar-refractivity contribution in [3.63, 3.8) is 0 Å². The van der Waals surface area contributed by atoms with Gasteiger partial charge in [-0.1, -0.05) is 0 Å². The van der Waals surface area contributed by atoms with Crippen LogP contribution in [0.2, 0.25) is 0 Å². The lowest BCUT2D eigenvalue weighted by atomic mass is 10.1. The molecule has 2 fully saturated rings. The van der Waals surface area contributed by atoms with Crippen molar-refractivity contribution in [2.45, 2.75) is 62.8 Å². The van der Waals surface area contributed by atoms with Gasteiger partial charge >= 0.3 is 18.6 Å². The van der Waals surface area contributed by atoms with Gasteiger partial charge in [-0.2, -0.15) is 18.3 Å². The number of hydrogen-bond donors (Lipinski definition) is 3. The number of alkyl carbamates (subject to hydrolysis) is 1. The number of rotatable bonds is 7. The van der Waals surface area contributed by atoms with Crippen molar-refractivity contribution in [3.05, 3.63) is 35.4 Å². The molecule has 0 radical (unpaired) electrons. The van der Waals surface area contributed by atoms with Gasteiger partial charge in [0.25, 0.3) is 0 Å². The molecule has 1 aliphatic carbocycles. The van der Waals surface area contributed by atoms with E-state index in [2.05, 4.69) is 35.5 Å². The molecule has 18 heteroatoms. The van der Waals surface area contributed by atoms with Gasteiger partial charge < -0.3 is 20.1 Å². The quantitative estimate of drug-likeness (QED) is 0.361. The number of anilines is 2. The Morgan fingerprint density at radius 3 is 2.64 bits per heavy atom. The lowest BCUT2D eigenvalue weighted by molar-refractivity contribution is -0.330. The Hall–Kier alpha value is -3.67. The van der Waals surface area contributed by atoms with E-state index in [4.69, 9.17) is 9.47 Å². The van der Waals surface area contributed by atoms with Crippen LogP contribution in [-0.4, -0.2) is 61.4 Å². The summed E-state index contributed by atoms with van der Waals surface area (Å²) in [7, 11) is 0. The molecule has 11 nitrogen and oxygen atoms in total. The molecule has 3 atom stereocenters. The number of imidazole rings is 1. The first-order valence-electron chi connectivity index (χ1n) is 11.4. The molecule has 4 heterocycles. The zero-order chi connectivity index (χ0) is 28.2. The molecule has 39 heavy (non-hydrogen) atoms. The number of ether oxygens (including phenoxy) is 3. The Balaban J connectivity index is 1.32. The van der Waals surface area contributed by atoms with Crippen molar-refractivity contribution >= 4 is 23.5 Å². The molecule has 3 aromatic rings. The first-order chi connectivity index (χ1) is 18.2. The van der Waals surface area contributed by atoms with E-state index in [9.17, 15) is 35.5 Å². The molecule has 1 amide bonds. The van der Waals surface area contributed by atoms with Crippen LogP contribution in [-0.2, 0) is 27.0 Å². The third-order valence-electron chi connectivity index (χ3n) is 6.07. The smallest absolute Gasteiger partial charge is 0.441 e. The number of fused-ring (bicyclic) bond motifs is 1. The fourth-order valence-electron chi connectivity index (χ4n) is 3.82. The predicted molar refractivity (Wildman–Crippen MR) is 115 cm³/mol. The second-order valence-corrected chi connectivity index (χ2v) is 9.32. The maximum absolute atomic E-state index is 15.0. The van der Waals surface area contributed by atoms with E-state index >= 15 is 0 Å². The van der Waals surface area contributed by atoms with Crippen LogP contribution in [0, 0.1) is 0 Å². The zero-order valence-corrected chi connectivity index (χ0v) is 19.9. The van der Waals surface area contributed by atoms with Crippen molar-refractivity contribution in [2.24, 2.45) is 0 Å². The average Bonchev–Trinajstić information content (AvgIpc) is 3.18. The summed E-state index contributed by atoms with van der Waals surface area (Å²) in [4.78, 5) is 19.2. The highest BCUT2D eigenvalue weighted by Gasteiger charge is 2.44. The topological polar surface area (TPSA) is 128 Å². The van der Waals surface area contributed by atoms with Gasteiger partial charge in [0, 0.05) is 23.9 Å². The maximum atomic E-state index is 15.0. The predicted octanol–water partition coefficient (Wildman–Crippen LogP) is 4.31. The van der Waals surface area contributed by atoms with Gasteiger partial charge in [-0.3, -0.25) is 14.2 Å². The van der Waals surface area contributed by atoms with E-state index in [1.807, 2.05) is 6.92 Å². The van der Waals surface area contributed by atoms with Crippen molar-refractivity contribution in [1.29, 1.82) is 0 Å². The van der Waals surface area contributed by atoms with Crippen LogP contribution in [0.4, 0.5) is 47.3 Å². The fourth-order valence-corrected chi connectivity index (χ4v) is 3.82. The third-order valence-corrected chi connectivity index (χ3v) is 6.07. The second-order valence-electron chi connectivity index (χ2n) is 9.32. The number of amides is 1. The molecule has 3 N–H and O–H groups in total. The largest absolute Gasteiger partial charge is 0.522 e. The molecule has 1 aliphatic heterocycles. The maximum Gasteiger partial charge on any atom is 0.522 e. The van der Waals surface area contributed by atoms with Crippen LogP contribution in [0.5, 0.6) is 0 Å². The van der Waals surface area contributed by atoms with Gasteiger partial charge in [0.05, 0.1) is 24.6 Å². The standard InChI is InChI=1S/C21H20F7N7O4/c1-19(2-3-19)32-18(36)39-11-8-37-16(15(11)22)10-4-13(34-33-10)31-17-30-12(20(23,24)25)5-14-29-9(6-35(14)17)7-38-21(26,27)28/h4-6,11,15-16H,2-3,7-8H2,1H3,(H,32,36)(H2,30,31,33,34)/t11-,15-,16-/m1/s1. The summed E-state index contributed by atoms with van der Waals surface area (Å²) < 4.78 is 108. The summed E-state index contributed by atoms with van der Waals surface area (Å²) in [6, 6.07) is 1.79. The normalized spacial score (nSPS) is 22.7. The Morgan fingerprint density at radius 2 is 1.97 bits per heavy atom. The molecule has 2 aliphatic rings. The number of halogens is 7. The first-order valence-corrected chi connectivity index (χ1v) is 11.4. The van der Waals surface area contributed by atoms with Gasteiger partial charge in [-0.25, -0.2) is 19.2 Å². The van der Waals surface area contributed by atoms with Crippen molar-refractivity contribution in [3.8, 4) is 0 Å². The number of nitrogens with one attached hydrogen (secondary N) is 3. The number of carbonyl (C=O) groups is 1. The minimum absolute atomic E-state index is 0.0822. The highest BCUT2D eigenvalue weighted by molar-refractivity contribution is 5.69. The molecule has 1 saturated heterocycles. The van der Waals surface area contributed by atoms with Crippen LogP contribution in [0.3, 0.4) is 0 Å². The van der Waals surface area contributed by atoms with Gasteiger partial charge in [0.15, 0.2) is 23.8 Å². The molecule has 5 rings (SSSR count). The molecule has 0 spiro atoms. The van der Waals surface area contributed by atoms with E-state index < -0.39 is 55.3 Å². The molecule has 212 valence electrons. The first kappa shape index (κ1) is 26.9. The molecule has 0 bridgehead atoms. The van der Waals surface area contributed by atoms with Crippen molar-refractivity contribution in [2.75, 3.05) is 11.9 Å². The number of aromatic nitrogens is 5. The zero-order valence-electron chi connectivity index (χ0n) is 19.9. The van der Waals surface area contributed by atoms with Gasteiger partial charge in [-0.15, -0.1) is 13.2 Å². The Labute approximate surface area is 214 Å². The Bertz CT molecular complexity index is 1370. The van der Waals surface area contributed by atoms with E-state index in [-0.39, 0.29) is 35.0 Å². The highest BCUT2D eigenvalue weighted by atomic mass is 19.4. The Morgan fingerprint density at radius 1 is 1.23 bits per heavy atom. The SMILES string of the molecule is CC1(NC(=O)O[C@@H]2CO[C@H](c3cc(Nc4nc(C(F)(F)F)cc5nc(COC(F)(F)F)cn45)n[nH]3)[C@@H]2F)CC1. The molecule has 1 saturated carbocycles. The number of nitrogens with zero attached hydrogens (tertiary/aromatic N) is 4. The van der Waals surface area contributed by atoms with Crippen LogP contribution in [0.1, 0.15) is 43.0 Å². The van der Waals surface area contributed by atoms with Crippen LogP contribution in [0.15, 0.2) is 18.3 Å². The number of aromatic amines is 1. The molecule has 0 unspecified atom stereocenters. The number of H-pyrrole nitrogens is 1. The lowest BCUT2D eigenvalue weighted by Crippen LogP contribution is -2.39. The number of alkyl halides is 7. The summed E-state index contributed by atoms with van der Waals surface area (Å²) >= 11 is 0. The average molecular weight is 567 g/mol. The van der Waals surface area contributed by atoms with Crippen molar-refractivity contribution in [1.82, 2.24) is 29.9 Å². The molecular formula is C21H20F7N7O4. The van der Waals surface area contributed by atoms with Gasteiger partial charge in [-0.05, 0) is 19.8 Å². The van der Waals surface area contributed by atoms with E-state index in [1.54, 1.807) is 0 Å². The Kier molecular flexibility index (Phi) is 6.56. The minimum atomic E-state index is -4.97. The summed E-state index contributed by atoms with van der Waals surface area (Å²) in [6.45, 7) is 0.531. The summed E-state index contributed by atoms with van der Waals surface area (Å²) in [6.07, 6.45) is -12.3. The van der Waals surface area contributed by atoms with Crippen LogP contribution in [0.25, 0.3) is 5.65 Å².